The Hall–Kier alpha value is -2.67. The second-order valence-corrected chi connectivity index (χ2v) is 7.31. The van der Waals surface area contributed by atoms with Crippen LogP contribution >= 0.6 is 0 Å². The average molecular weight is 416 g/mol. The summed E-state index contributed by atoms with van der Waals surface area (Å²) in [6.45, 7) is 2.49. The first-order valence-electron chi connectivity index (χ1n) is 10.7. The lowest BCUT2D eigenvalue weighted by Gasteiger charge is -2.19. The SMILES string of the molecule is COCCNC(=NCc1cccc(OC)c1OC1CCCC1)NCCc1ccco1. The Morgan fingerprint density at radius 2 is 1.93 bits per heavy atom. The van der Waals surface area contributed by atoms with Gasteiger partial charge in [-0.2, -0.15) is 0 Å². The van der Waals surface area contributed by atoms with Crippen molar-refractivity contribution < 1.29 is 18.6 Å². The highest BCUT2D eigenvalue weighted by atomic mass is 16.5. The highest BCUT2D eigenvalue weighted by Crippen LogP contribution is 2.35. The standard InChI is InChI=1S/C23H33N3O4/c1-27-16-14-25-23(24-13-12-19-10-6-15-29-19)26-17-18-7-5-11-21(28-2)22(18)30-20-8-3-4-9-20/h5-7,10-11,15,20H,3-4,8-9,12-14,16-17H2,1-2H3,(H2,24,25,26). The van der Waals surface area contributed by atoms with Crippen molar-refractivity contribution in [1.82, 2.24) is 10.6 Å². The number of furan rings is 1. The molecule has 2 aromatic rings. The largest absolute Gasteiger partial charge is 0.493 e. The molecule has 0 spiro atoms. The van der Waals surface area contributed by atoms with Crippen LogP contribution in [0, 0.1) is 0 Å². The molecule has 0 radical (unpaired) electrons. The highest BCUT2D eigenvalue weighted by Gasteiger charge is 2.20. The molecule has 1 aromatic heterocycles. The number of ether oxygens (including phenoxy) is 3. The Labute approximate surface area is 178 Å². The van der Waals surface area contributed by atoms with Gasteiger partial charge in [-0.3, -0.25) is 0 Å². The minimum Gasteiger partial charge on any atom is -0.493 e. The van der Waals surface area contributed by atoms with Crippen molar-refractivity contribution in [3.8, 4) is 11.5 Å². The number of nitrogens with one attached hydrogen (secondary N) is 2. The van der Waals surface area contributed by atoms with Crippen molar-refractivity contribution >= 4 is 5.96 Å². The van der Waals surface area contributed by atoms with Crippen LogP contribution < -0.4 is 20.1 Å². The second kappa shape index (κ2) is 12.1. The number of hydrogen-bond acceptors (Lipinski definition) is 5. The molecule has 0 unspecified atom stereocenters. The fourth-order valence-corrected chi connectivity index (χ4v) is 3.52. The summed E-state index contributed by atoms with van der Waals surface area (Å²) in [6.07, 6.45) is 7.37. The van der Waals surface area contributed by atoms with E-state index in [-0.39, 0.29) is 6.10 Å². The molecule has 0 bridgehead atoms. The van der Waals surface area contributed by atoms with Crippen LogP contribution in [0.25, 0.3) is 0 Å². The summed E-state index contributed by atoms with van der Waals surface area (Å²) in [7, 11) is 3.36. The molecule has 1 saturated carbocycles. The van der Waals surface area contributed by atoms with Gasteiger partial charge >= 0.3 is 0 Å². The Morgan fingerprint density at radius 1 is 1.10 bits per heavy atom. The maximum atomic E-state index is 6.32. The lowest BCUT2D eigenvalue weighted by molar-refractivity contribution is 0.198. The molecule has 0 amide bonds. The van der Waals surface area contributed by atoms with E-state index in [1.165, 1.54) is 12.8 Å². The Bertz CT molecular complexity index is 771. The third kappa shape index (κ3) is 6.69. The number of methoxy groups -OCH3 is 2. The van der Waals surface area contributed by atoms with Gasteiger partial charge in [-0.15, -0.1) is 0 Å². The molecular formula is C23H33N3O4. The molecule has 1 heterocycles. The molecule has 1 aliphatic rings. The van der Waals surface area contributed by atoms with E-state index in [0.29, 0.717) is 19.7 Å². The van der Waals surface area contributed by atoms with Crippen LogP contribution in [0.4, 0.5) is 0 Å². The van der Waals surface area contributed by atoms with Crippen molar-refractivity contribution in [3.05, 3.63) is 47.9 Å². The minimum atomic E-state index is 0.259. The molecule has 2 N–H and O–H groups in total. The van der Waals surface area contributed by atoms with Gasteiger partial charge in [0, 0.05) is 32.2 Å². The first-order chi connectivity index (χ1) is 14.8. The number of nitrogens with zero attached hydrogens (tertiary/aromatic N) is 1. The van der Waals surface area contributed by atoms with Crippen molar-refractivity contribution in [2.75, 3.05) is 33.9 Å². The van der Waals surface area contributed by atoms with Gasteiger partial charge in [0.15, 0.2) is 17.5 Å². The van der Waals surface area contributed by atoms with Crippen LogP contribution in [0.5, 0.6) is 11.5 Å². The van der Waals surface area contributed by atoms with Crippen LogP contribution in [0.3, 0.4) is 0 Å². The third-order valence-corrected chi connectivity index (χ3v) is 5.12. The zero-order valence-electron chi connectivity index (χ0n) is 18.0. The number of rotatable bonds is 11. The molecule has 7 heteroatoms. The molecule has 30 heavy (non-hydrogen) atoms. The zero-order chi connectivity index (χ0) is 21.0. The van der Waals surface area contributed by atoms with Gasteiger partial charge in [-0.1, -0.05) is 12.1 Å². The monoisotopic (exact) mass is 415 g/mol. The van der Waals surface area contributed by atoms with Gasteiger partial charge in [0.05, 0.1) is 32.6 Å². The molecule has 0 aliphatic heterocycles. The molecule has 1 fully saturated rings. The predicted octanol–water partition coefficient (Wildman–Crippen LogP) is 3.53. The Kier molecular flexibility index (Phi) is 8.90. The van der Waals surface area contributed by atoms with Crippen molar-refractivity contribution in [1.29, 1.82) is 0 Å². The van der Waals surface area contributed by atoms with E-state index in [2.05, 4.69) is 10.6 Å². The van der Waals surface area contributed by atoms with E-state index in [9.17, 15) is 0 Å². The normalized spacial score (nSPS) is 14.7. The average Bonchev–Trinajstić information content (AvgIpc) is 3.47. The topological polar surface area (TPSA) is 77.2 Å². The fourth-order valence-electron chi connectivity index (χ4n) is 3.52. The first-order valence-corrected chi connectivity index (χ1v) is 10.7. The molecule has 3 rings (SSSR count). The maximum Gasteiger partial charge on any atom is 0.191 e. The van der Waals surface area contributed by atoms with Gasteiger partial charge in [0.25, 0.3) is 0 Å². The quantitative estimate of drug-likeness (QED) is 0.332. The number of hydrogen-bond donors (Lipinski definition) is 2. The van der Waals surface area contributed by atoms with E-state index in [1.807, 2.05) is 30.3 Å². The van der Waals surface area contributed by atoms with Gasteiger partial charge in [-0.25, -0.2) is 4.99 Å². The Morgan fingerprint density at radius 3 is 2.67 bits per heavy atom. The first kappa shape index (κ1) is 22.0. The molecule has 1 aromatic carbocycles. The van der Waals surface area contributed by atoms with E-state index >= 15 is 0 Å². The molecular weight excluding hydrogens is 382 g/mol. The van der Waals surface area contributed by atoms with Gasteiger partial charge in [0.2, 0.25) is 0 Å². The predicted molar refractivity (Wildman–Crippen MR) is 117 cm³/mol. The van der Waals surface area contributed by atoms with E-state index in [0.717, 1.165) is 54.6 Å². The second-order valence-electron chi connectivity index (χ2n) is 7.31. The summed E-state index contributed by atoms with van der Waals surface area (Å²) >= 11 is 0. The summed E-state index contributed by atoms with van der Waals surface area (Å²) in [5.74, 6) is 3.24. The third-order valence-electron chi connectivity index (χ3n) is 5.12. The summed E-state index contributed by atoms with van der Waals surface area (Å²) in [5, 5.41) is 6.66. The van der Waals surface area contributed by atoms with E-state index in [4.69, 9.17) is 23.6 Å². The smallest absolute Gasteiger partial charge is 0.191 e. The lowest BCUT2D eigenvalue weighted by atomic mass is 10.1. The van der Waals surface area contributed by atoms with Gasteiger partial charge < -0.3 is 29.3 Å². The highest BCUT2D eigenvalue weighted by molar-refractivity contribution is 5.79. The lowest BCUT2D eigenvalue weighted by Crippen LogP contribution is -2.40. The molecule has 7 nitrogen and oxygen atoms in total. The zero-order valence-corrected chi connectivity index (χ0v) is 18.0. The number of para-hydroxylation sites is 1. The summed E-state index contributed by atoms with van der Waals surface area (Å²) in [4.78, 5) is 4.77. The number of guanidine groups is 1. The van der Waals surface area contributed by atoms with Crippen molar-refractivity contribution in [2.24, 2.45) is 4.99 Å². The van der Waals surface area contributed by atoms with Crippen LogP contribution in [0.1, 0.15) is 37.0 Å². The van der Waals surface area contributed by atoms with Crippen molar-refractivity contribution in [3.63, 3.8) is 0 Å². The summed E-state index contributed by atoms with van der Waals surface area (Å²) < 4.78 is 22.4. The number of benzene rings is 1. The Balaban J connectivity index is 1.67. The molecule has 1 aliphatic carbocycles. The molecule has 0 atom stereocenters. The fraction of sp³-hybridized carbons (Fsp3) is 0.522. The molecule has 164 valence electrons. The van der Waals surface area contributed by atoms with Crippen molar-refractivity contribution in [2.45, 2.75) is 44.8 Å². The minimum absolute atomic E-state index is 0.259. The van der Waals surface area contributed by atoms with Gasteiger partial charge in [-0.05, 0) is 43.9 Å². The van der Waals surface area contributed by atoms with E-state index in [1.54, 1.807) is 20.5 Å². The van der Waals surface area contributed by atoms with Crippen LogP contribution in [-0.2, 0) is 17.7 Å². The van der Waals surface area contributed by atoms with Crippen LogP contribution in [0.2, 0.25) is 0 Å². The maximum absolute atomic E-state index is 6.32. The summed E-state index contributed by atoms with van der Waals surface area (Å²) in [6, 6.07) is 9.84. The van der Waals surface area contributed by atoms with E-state index < -0.39 is 0 Å². The van der Waals surface area contributed by atoms with Crippen LogP contribution in [0.15, 0.2) is 46.0 Å². The van der Waals surface area contributed by atoms with Gasteiger partial charge in [0.1, 0.15) is 5.76 Å². The summed E-state index contributed by atoms with van der Waals surface area (Å²) in [5.41, 5.74) is 1.01. The van der Waals surface area contributed by atoms with Crippen LogP contribution in [-0.4, -0.2) is 46.0 Å². The molecule has 0 saturated heterocycles. The number of aliphatic imine (C=N–C) groups is 1.